The fourth-order valence-electron chi connectivity index (χ4n) is 3.70. The summed E-state index contributed by atoms with van der Waals surface area (Å²) in [7, 11) is 5.02. The van der Waals surface area contributed by atoms with Crippen molar-refractivity contribution in [3.8, 4) is 11.5 Å². The first-order valence-electron chi connectivity index (χ1n) is 10.9. The molecule has 1 saturated heterocycles. The third-order valence-electron chi connectivity index (χ3n) is 5.67. The molecule has 7 nitrogen and oxygen atoms in total. The average molecular weight is 553 g/mol. The Bertz CT molecular complexity index is 852. The molecule has 2 N–H and O–H groups in total. The summed E-state index contributed by atoms with van der Waals surface area (Å²) < 4.78 is 10.7. The summed E-state index contributed by atoms with van der Waals surface area (Å²) in [5, 5.41) is 6.65. The molecular formula is C24H36IN5O2. The van der Waals surface area contributed by atoms with Crippen molar-refractivity contribution in [3.05, 3.63) is 53.6 Å². The predicted molar refractivity (Wildman–Crippen MR) is 143 cm³/mol. The highest BCUT2D eigenvalue weighted by atomic mass is 127. The van der Waals surface area contributed by atoms with E-state index in [0.29, 0.717) is 24.0 Å². The fraction of sp³-hybridized carbons (Fsp3) is 0.458. The SMILES string of the molecule is CCN1CCN(Cc2ccc(CNC(=NC)Nc3ccc(OC)c(OC)c3)cc2)CC1.I. The molecule has 32 heavy (non-hydrogen) atoms. The van der Waals surface area contributed by atoms with Crippen molar-refractivity contribution < 1.29 is 9.47 Å². The number of aliphatic imine (C=N–C) groups is 1. The lowest BCUT2D eigenvalue weighted by molar-refractivity contribution is 0.132. The fourth-order valence-corrected chi connectivity index (χ4v) is 3.70. The number of guanidine groups is 1. The Morgan fingerprint density at radius 1 is 0.906 bits per heavy atom. The Kier molecular flexibility index (Phi) is 11.1. The number of rotatable bonds is 8. The Balaban J connectivity index is 0.00000363. The van der Waals surface area contributed by atoms with E-state index in [-0.39, 0.29) is 24.0 Å². The Morgan fingerprint density at radius 3 is 2.12 bits per heavy atom. The number of methoxy groups -OCH3 is 2. The van der Waals surface area contributed by atoms with Crippen LogP contribution in [0, 0.1) is 0 Å². The van der Waals surface area contributed by atoms with Gasteiger partial charge in [0.2, 0.25) is 0 Å². The van der Waals surface area contributed by atoms with Crippen molar-refractivity contribution in [2.75, 3.05) is 59.3 Å². The summed E-state index contributed by atoms with van der Waals surface area (Å²) in [5.74, 6) is 2.07. The van der Waals surface area contributed by atoms with Crippen LogP contribution in [0.3, 0.4) is 0 Å². The van der Waals surface area contributed by atoms with Gasteiger partial charge in [-0.15, -0.1) is 24.0 Å². The van der Waals surface area contributed by atoms with Gasteiger partial charge in [-0.05, 0) is 29.8 Å². The molecule has 0 aliphatic carbocycles. The van der Waals surface area contributed by atoms with Gasteiger partial charge in [0.05, 0.1) is 14.2 Å². The zero-order valence-electron chi connectivity index (χ0n) is 19.6. The van der Waals surface area contributed by atoms with Crippen LogP contribution in [0.4, 0.5) is 5.69 Å². The smallest absolute Gasteiger partial charge is 0.195 e. The summed E-state index contributed by atoms with van der Waals surface area (Å²) in [5.41, 5.74) is 3.46. The second-order valence-electron chi connectivity index (χ2n) is 7.65. The molecule has 0 saturated carbocycles. The van der Waals surface area contributed by atoms with E-state index in [1.165, 1.54) is 24.2 Å². The van der Waals surface area contributed by atoms with Crippen LogP contribution in [-0.4, -0.2) is 69.8 Å². The molecule has 2 aromatic carbocycles. The Morgan fingerprint density at radius 2 is 1.53 bits per heavy atom. The topological polar surface area (TPSA) is 61.4 Å². The van der Waals surface area contributed by atoms with E-state index in [1.54, 1.807) is 21.3 Å². The zero-order chi connectivity index (χ0) is 22.1. The van der Waals surface area contributed by atoms with Crippen molar-refractivity contribution >= 4 is 35.6 Å². The number of nitrogens with zero attached hydrogens (tertiary/aromatic N) is 3. The molecule has 3 rings (SSSR count). The van der Waals surface area contributed by atoms with E-state index in [0.717, 1.165) is 31.9 Å². The van der Waals surface area contributed by atoms with Gasteiger partial charge in [0.15, 0.2) is 17.5 Å². The number of benzene rings is 2. The van der Waals surface area contributed by atoms with Gasteiger partial charge in [-0.3, -0.25) is 9.89 Å². The largest absolute Gasteiger partial charge is 0.493 e. The maximum atomic E-state index is 5.37. The zero-order valence-corrected chi connectivity index (χ0v) is 21.9. The predicted octanol–water partition coefficient (Wildman–Crippen LogP) is 3.65. The van der Waals surface area contributed by atoms with Gasteiger partial charge in [-0.25, -0.2) is 0 Å². The van der Waals surface area contributed by atoms with E-state index in [9.17, 15) is 0 Å². The molecule has 1 aliphatic heterocycles. The van der Waals surface area contributed by atoms with Gasteiger partial charge in [-0.2, -0.15) is 0 Å². The van der Waals surface area contributed by atoms with E-state index in [2.05, 4.69) is 56.6 Å². The summed E-state index contributed by atoms with van der Waals surface area (Å²) in [6, 6.07) is 14.5. The van der Waals surface area contributed by atoms with E-state index in [1.807, 2.05) is 18.2 Å². The van der Waals surface area contributed by atoms with Crippen LogP contribution in [-0.2, 0) is 13.1 Å². The second kappa shape index (κ2) is 13.5. The van der Waals surface area contributed by atoms with Crippen LogP contribution in [0.2, 0.25) is 0 Å². The number of hydrogen-bond donors (Lipinski definition) is 2. The number of nitrogens with one attached hydrogen (secondary N) is 2. The van der Waals surface area contributed by atoms with Crippen LogP contribution in [0.5, 0.6) is 11.5 Å². The van der Waals surface area contributed by atoms with Crippen molar-refractivity contribution in [2.45, 2.75) is 20.0 Å². The lowest BCUT2D eigenvalue weighted by atomic mass is 10.1. The third-order valence-corrected chi connectivity index (χ3v) is 5.67. The highest BCUT2D eigenvalue weighted by molar-refractivity contribution is 14.0. The van der Waals surface area contributed by atoms with Gasteiger partial charge >= 0.3 is 0 Å². The molecule has 0 atom stereocenters. The van der Waals surface area contributed by atoms with E-state index < -0.39 is 0 Å². The summed E-state index contributed by atoms with van der Waals surface area (Å²) >= 11 is 0. The molecule has 0 spiro atoms. The Labute approximate surface area is 209 Å². The van der Waals surface area contributed by atoms with E-state index >= 15 is 0 Å². The molecule has 0 aromatic heterocycles. The minimum Gasteiger partial charge on any atom is -0.493 e. The van der Waals surface area contributed by atoms with Crippen LogP contribution in [0.25, 0.3) is 0 Å². The van der Waals surface area contributed by atoms with Gasteiger partial charge in [-0.1, -0.05) is 31.2 Å². The molecular weight excluding hydrogens is 517 g/mol. The first-order chi connectivity index (χ1) is 15.1. The normalized spacial score (nSPS) is 15.1. The number of anilines is 1. The molecule has 176 valence electrons. The van der Waals surface area contributed by atoms with Crippen LogP contribution in [0.1, 0.15) is 18.1 Å². The Hall–Kier alpha value is -2.04. The van der Waals surface area contributed by atoms with Crippen molar-refractivity contribution in [2.24, 2.45) is 4.99 Å². The first-order valence-corrected chi connectivity index (χ1v) is 10.9. The van der Waals surface area contributed by atoms with Gasteiger partial charge in [0, 0.05) is 58.1 Å². The van der Waals surface area contributed by atoms with E-state index in [4.69, 9.17) is 9.47 Å². The number of piperazine rings is 1. The maximum absolute atomic E-state index is 5.37. The molecule has 0 bridgehead atoms. The molecule has 0 unspecified atom stereocenters. The highest BCUT2D eigenvalue weighted by Gasteiger charge is 2.15. The molecule has 2 aromatic rings. The van der Waals surface area contributed by atoms with Crippen LogP contribution in [0.15, 0.2) is 47.5 Å². The number of hydrogen-bond acceptors (Lipinski definition) is 5. The van der Waals surface area contributed by atoms with Gasteiger partial charge < -0.3 is 25.0 Å². The van der Waals surface area contributed by atoms with Crippen LogP contribution < -0.4 is 20.1 Å². The monoisotopic (exact) mass is 553 g/mol. The standard InChI is InChI=1S/C24H35N5O2.HI/c1-5-28-12-14-29(15-13-28)18-20-8-6-19(7-9-20)17-26-24(25-2)27-21-10-11-22(30-3)23(16-21)31-4;/h6-11,16H,5,12-15,17-18H2,1-4H3,(H2,25,26,27);1H. The molecule has 0 radical (unpaired) electrons. The second-order valence-corrected chi connectivity index (χ2v) is 7.65. The highest BCUT2D eigenvalue weighted by Crippen LogP contribution is 2.29. The van der Waals surface area contributed by atoms with Crippen molar-refractivity contribution in [3.63, 3.8) is 0 Å². The lowest BCUT2D eigenvalue weighted by Crippen LogP contribution is -2.45. The molecule has 0 amide bonds. The molecule has 1 fully saturated rings. The molecule has 8 heteroatoms. The minimum absolute atomic E-state index is 0. The van der Waals surface area contributed by atoms with Crippen LogP contribution >= 0.6 is 24.0 Å². The third kappa shape index (κ3) is 7.53. The number of ether oxygens (including phenoxy) is 2. The first kappa shape index (κ1) is 26.2. The maximum Gasteiger partial charge on any atom is 0.195 e. The summed E-state index contributed by atoms with van der Waals surface area (Å²) in [6.45, 7) is 9.75. The van der Waals surface area contributed by atoms with Crippen molar-refractivity contribution in [1.82, 2.24) is 15.1 Å². The summed E-state index contributed by atoms with van der Waals surface area (Å²) in [6.07, 6.45) is 0. The van der Waals surface area contributed by atoms with Gasteiger partial charge in [0.1, 0.15) is 0 Å². The minimum atomic E-state index is 0. The number of likely N-dealkylation sites (N-methyl/N-ethyl adjacent to an activating group) is 1. The lowest BCUT2D eigenvalue weighted by Gasteiger charge is -2.34. The molecule has 1 heterocycles. The number of halogens is 1. The average Bonchev–Trinajstić information content (AvgIpc) is 2.83. The van der Waals surface area contributed by atoms with Gasteiger partial charge in [0.25, 0.3) is 0 Å². The van der Waals surface area contributed by atoms with Crippen molar-refractivity contribution in [1.29, 1.82) is 0 Å². The molecule has 1 aliphatic rings. The quantitative estimate of drug-likeness (QED) is 0.296. The summed E-state index contributed by atoms with van der Waals surface area (Å²) in [4.78, 5) is 9.36.